The molecule has 1 fully saturated rings. The minimum absolute atomic E-state index is 0.0703. The van der Waals surface area contributed by atoms with Crippen LogP contribution in [0.2, 0.25) is 0 Å². The Hall–Kier alpha value is -2.50. The zero-order chi connectivity index (χ0) is 22.9. The van der Waals surface area contributed by atoms with E-state index in [4.69, 9.17) is 4.74 Å². The van der Waals surface area contributed by atoms with E-state index in [0.29, 0.717) is 38.5 Å². The molecule has 0 aliphatic carbocycles. The quantitative estimate of drug-likeness (QED) is 0.668. The van der Waals surface area contributed by atoms with Crippen molar-refractivity contribution in [3.8, 4) is 11.6 Å². The van der Waals surface area contributed by atoms with E-state index in [1.54, 1.807) is 0 Å². The fraction of sp³-hybridized carbons (Fsp3) is 0.429. The monoisotopic (exact) mass is 468 g/mol. The Bertz CT molecular complexity index is 1090. The highest BCUT2D eigenvalue weighted by Gasteiger charge is 2.33. The van der Waals surface area contributed by atoms with Crippen molar-refractivity contribution in [2.24, 2.45) is 0 Å². The molecule has 1 saturated heterocycles. The van der Waals surface area contributed by atoms with Crippen LogP contribution in [0.3, 0.4) is 0 Å². The zero-order valence-electron chi connectivity index (χ0n) is 17.3. The normalized spacial score (nSPS) is 20.5. The highest BCUT2D eigenvalue weighted by atomic mass is 32.2. The fourth-order valence-electron chi connectivity index (χ4n) is 4.12. The van der Waals surface area contributed by atoms with Gasteiger partial charge < -0.3 is 4.74 Å². The topological polar surface area (TPSA) is 75.6 Å². The molecule has 0 N–H and O–H groups in total. The van der Waals surface area contributed by atoms with E-state index in [2.05, 4.69) is 21.4 Å². The molecule has 2 aliphatic rings. The molecule has 0 spiro atoms. The molecular weight excluding hydrogens is 445 g/mol. The Balaban J connectivity index is 1.47. The van der Waals surface area contributed by atoms with Gasteiger partial charge in [0.2, 0.25) is 15.9 Å². The maximum Gasteiger partial charge on any atom is 0.416 e. The number of halogens is 3. The summed E-state index contributed by atoms with van der Waals surface area (Å²) in [6.07, 6.45) is -0.782. The summed E-state index contributed by atoms with van der Waals surface area (Å²) < 4.78 is 69.8. The number of piperidine rings is 1. The number of hydrogen-bond donors (Lipinski definition) is 0. The van der Waals surface area contributed by atoms with E-state index >= 15 is 0 Å². The average molecular weight is 469 g/mol. The second-order valence-corrected chi connectivity index (χ2v) is 9.69. The second-order valence-electron chi connectivity index (χ2n) is 7.81. The van der Waals surface area contributed by atoms with Crippen molar-refractivity contribution >= 4 is 10.0 Å². The summed E-state index contributed by atoms with van der Waals surface area (Å²) in [6, 6.07) is 4.54. The molecule has 32 heavy (non-hydrogen) atoms. The number of rotatable bonds is 5. The van der Waals surface area contributed by atoms with Gasteiger partial charge in [0.05, 0.1) is 11.3 Å². The first kappa shape index (κ1) is 22.7. The average Bonchev–Trinajstić information content (AvgIpc) is 2.79. The number of ether oxygens (including phenoxy) is 1. The Morgan fingerprint density at radius 1 is 1.16 bits per heavy atom. The molecule has 2 aliphatic heterocycles. The van der Waals surface area contributed by atoms with Crippen LogP contribution in [0.1, 0.15) is 29.7 Å². The first-order valence-corrected chi connectivity index (χ1v) is 11.7. The Labute approximate surface area is 184 Å². The van der Waals surface area contributed by atoms with E-state index in [9.17, 15) is 21.6 Å². The summed E-state index contributed by atoms with van der Waals surface area (Å²) in [7, 11) is -3.45. The molecule has 7 nitrogen and oxygen atoms in total. The van der Waals surface area contributed by atoms with Gasteiger partial charge in [-0.1, -0.05) is 6.58 Å². The van der Waals surface area contributed by atoms with Crippen molar-refractivity contribution in [3.63, 3.8) is 0 Å². The first-order chi connectivity index (χ1) is 15.2. The minimum Gasteiger partial charge on any atom is -0.439 e. The number of nitrogens with zero attached hydrogens (tertiary/aromatic N) is 4. The number of benzene rings is 1. The van der Waals surface area contributed by atoms with E-state index in [-0.39, 0.29) is 11.8 Å². The number of aromatic nitrogens is 2. The van der Waals surface area contributed by atoms with E-state index in [1.165, 1.54) is 22.8 Å². The molecule has 1 unspecified atom stereocenters. The lowest BCUT2D eigenvalue weighted by atomic mass is 10.00. The van der Waals surface area contributed by atoms with Crippen LogP contribution in [0.4, 0.5) is 13.2 Å². The molecule has 3 heterocycles. The van der Waals surface area contributed by atoms with Gasteiger partial charge in [-0.25, -0.2) is 18.4 Å². The number of alkyl halides is 3. The molecule has 0 saturated carbocycles. The first-order valence-electron chi connectivity index (χ1n) is 10.2. The predicted molar refractivity (Wildman–Crippen MR) is 111 cm³/mol. The maximum atomic E-state index is 12.8. The predicted octanol–water partition coefficient (Wildman–Crippen LogP) is 3.58. The minimum atomic E-state index is -4.41. The van der Waals surface area contributed by atoms with Crippen molar-refractivity contribution in [1.82, 2.24) is 19.2 Å². The van der Waals surface area contributed by atoms with Crippen molar-refractivity contribution in [3.05, 3.63) is 59.4 Å². The van der Waals surface area contributed by atoms with Crippen LogP contribution in [-0.4, -0.2) is 53.3 Å². The Morgan fingerprint density at radius 3 is 2.59 bits per heavy atom. The van der Waals surface area contributed by atoms with Gasteiger partial charge in [-0.05, 0) is 43.5 Å². The van der Waals surface area contributed by atoms with Crippen LogP contribution in [0, 0.1) is 0 Å². The van der Waals surface area contributed by atoms with Crippen LogP contribution >= 0.6 is 0 Å². The lowest BCUT2D eigenvalue weighted by Crippen LogP contribution is -2.50. The molecular formula is C21H23F3N4O3S. The number of fused-ring (bicyclic) bond motifs is 1. The van der Waals surface area contributed by atoms with Crippen molar-refractivity contribution in [1.29, 1.82) is 0 Å². The SMILES string of the molecule is C=CS(=O)(=O)N1CCCC(N2CCc3c(ncnc3Oc3ccc(C(F)(F)F)cc3)C2)C1. The highest BCUT2D eigenvalue weighted by molar-refractivity contribution is 7.92. The van der Waals surface area contributed by atoms with Gasteiger partial charge in [0.15, 0.2) is 0 Å². The third-order valence-corrected chi connectivity index (χ3v) is 7.31. The van der Waals surface area contributed by atoms with Gasteiger partial charge in [0.1, 0.15) is 12.1 Å². The third-order valence-electron chi connectivity index (χ3n) is 5.84. The fourth-order valence-corrected chi connectivity index (χ4v) is 5.10. The highest BCUT2D eigenvalue weighted by Crippen LogP contribution is 2.33. The number of sulfonamides is 1. The smallest absolute Gasteiger partial charge is 0.416 e. The van der Waals surface area contributed by atoms with Gasteiger partial charge in [-0.15, -0.1) is 0 Å². The largest absolute Gasteiger partial charge is 0.439 e. The summed E-state index contributed by atoms with van der Waals surface area (Å²) in [4.78, 5) is 10.8. The van der Waals surface area contributed by atoms with Crippen molar-refractivity contribution in [2.45, 2.75) is 38.0 Å². The lowest BCUT2D eigenvalue weighted by Gasteiger charge is -2.40. The molecule has 0 amide bonds. The zero-order valence-corrected chi connectivity index (χ0v) is 18.1. The van der Waals surface area contributed by atoms with Crippen LogP contribution in [0.5, 0.6) is 11.6 Å². The molecule has 11 heteroatoms. The summed E-state index contributed by atoms with van der Waals surface area (Å²) in [6.45, 7) is 5.50. The van der Waals surface area contributed by atoms with Crippen molar-refractivity contribution < 1.29 is 26.3 Å². The van der Waals surface area contributed by atoms with Crippen LogP contribution < -0.4 is 4.74 Å². The third kappa shape index (κ3) is 4.79. The molecule has 1 atom stereocenters. The van der Waals surface area contributed by atoms with Crippen LogP contribution in [-0.2, 0) is 29.2 Å². The van der Waals surface area contributed by atoms with Crippen LogP contribution in [0.15, 0.2) is 42.6 Å². The summed E-state index contributed by atoms with van der Waals surface area (Å²) in [5.74, 6) is 0.591. The Kier molecular flexibility index (Phi) is 6.24. The maximum absolute atomic E-state index is 12.8. The summed E-state index contributed by atoms with van der Waals surface area (Å²) >= 11 is 0. The van der Waals surface area contributed by atoms with Gasteiger partial charge in [-0.2, -0.15) is 17.5 Å². The van der Waals surface area contributed by atoms with Gasteiger partial charge in [0, 0.05) is 43.2 Å². The van der Waals surface area contributed by atoms with Crippen LogP contribution in [0.25, 0.3) is 0 Å². The van der Waals surface area contributed by atoms with Gasteiger partial charge in [-0.3, -0.25) is 4.90 Å². The van der Waals surface area contributed by atoms with E-state index in [0.717, 1.165) is 41.6 Å². The molecule has 0 radical (unpaired) electrons. The second kappa shape index (κ2) is 8.80. The van der Waals surface area contributed by atoms with E-state index < -0.39 is 21.8 Å². The Morgan fingerprint density at radius 2 is 1.91 bits per heavy atom. The standard InChI is InChI=1S/C21H23F3N4O3S/c1-2-32(29,30)28-10-3-4-16(12-28)27-11-9-18-19(13-27)25-14-26-20(18)31-17-7-5-15(6-8-17)21(22,23)24/h2,5-8,14,16H,1,3-4,9-13H2. The van der Waals surface area contributed by atoms with E-state index in [1.807, 2.05) is 0 Å². The summed E-state index contributed by atoms with van der Waals surface area (Å²) in [5, 5.41) is 0.985. The molecule has 4 rings (SSSR count). The molecule has 2 aromatic rings. The number of hydrogen-bond acceptors (Lipinski definition) is 6. The summed E-state index contributed by atoms with van der Waals surface area (Å²) in [5.41, 5.74) is 0.845. The molecule has 1 aromatic carbocycles. The van der Waals surface area contributed by atoms with Gasteiger partial charge in [0.25, 0.3) is 0 Å². The lowest BCUT2D eigenvalue weighted by molar-refractivity contribution is -0.137. The molecule has 172 valence electrons. The van der Waals surface area contributed by atoms with Crippen molar-refractivity contribution in [2.75, 3.05) is 19.6 Å². The molecule has 1 aromatic heterocycles. The van der Waals surface area contributed by atoms with Gasteiger partial charge >= 0.3 is 6.18 Å². The molecule has 0 bridgehead atoms.